The lowest BCUT2D eigenvalue weighted by molar-refractivity contribution is -0.150. The number of rotatable bonds is 3. The largest absolute Gasteiger partial charge is 0.420 e. The molecule has 1 fully saturated rings. The van der Waals surface area contributed by atoms with Gasteiger partial charge in [-0.05, 0) is 13.3 Å². The minimum Gasteiger partial charge on any atom is -0.420 e. The molecule has 0 unspecified atom stereocenters. The van der Waals surface area contributed by atoms with Crippen LogP contribution in [0.3, 0.4) is 0 Å². The molecule has 1 saturated heterocycles. The molecule has 2 atom stereocenters. The van der Waals surface area contributed by atoms with Gasteiger partial charge in [0.25, 0.3) is 0 Å². The number of carbonyl (C=O) groups excluding carboxylic acids is 1. The van der Waals surface area contributed by atoms with Crippen LogP contribution in [0, 0.1) is 0 Å². The molecule has 11 heavy (non-hydrogen) atoms. The average Bonchev–Trinajstić information content (AvgIpc) is 1.87. The van der Waals surface area contributed by atoms with Crippen LogP contribution in [0.5, 0.6) is 0 Å². The van der Waals surface area contributed by atoms with Crippen molar-refractivity contribution in [3.8, 4) is 0 Å². The maximum atomic E-state index is 10.5. The van der Waals surface area contributed by atoms with Gasteiger partial charge in [0, 0.05) is 7.11 Å². The first-order chi connectivity index (χ1) is 5.12. The van der Waals surface area contributed by atoms with Crippen LogP contribution >= 0.6 is 0 Å². The molecule has 0 aromatic heterocycles. The normalized spacial score (nSPS) is 31.7. The van der Waals surface area contributed by atoms with Crippen LogP contribution < -0.4 is 5.32 Å². The van der Waals surface area contributed by atoms with E-state index in [-0.39, 0.29) is 12.2 Å². The Morgan fingerprint density at radius 1 is 1.82 bits per heavy atom. The van der Waals surface area contributed by atoms with E-state index < -0.39 is 5.72 Å². The maximum Gasteiger partial charge on any atom is 0.412 e. The first kappa shape index (κ1) is 8.33. The van der Waals surface area contributed by atoms with E-state index in [4.69, 9.17) is 9.47 Å². The van der Waals surface area contributed by atoms with E-state index in [1.165, 1.54) is 0 Å². The van der Waals surface area contributed by atoms with Gasteiger partial charge in [-0.2, -0.15) is 0 Å². The van der Waals surface area contributed by atoms with Crippen molar-refractivity contribution in [3.63, 3.8) is 0 Å². The molecule has 0 spiro atoms. The number of amides is 1. The van der Waals surface area contributed by atoms with Gasteiger partial charge >= 0.3 is 6.09 Å². The molecule has 1 N–H and O–H groups in total. The molecule has 0 aromatic carbocycles. The van der Waals surface area contributed by atoms with E-state index in [1.807, 2.05) is 6.92 Å². The molecule has 0 radical (unpaired) electrons. The van der Waals surface area contributed by atoms with E-state index in [2.05, 4.69) is 5.32 Å². The summed E-state index contributed by atoms with van der Waals surface area (Å²) in [6, 6.07) is 0. The highest BCUT2D eigenvalue weighted by molar-refractivity contribution is 5.74. The maximum absolute atomic E-state index is 10.5. The third-order valence-corrected chi connectivity index (χ3v) is 1.92. The zero-order chi connectivity index (χ0) is 8.48. The van der Waals surface area contributed by atoms with Crippen LogP contribution in [0.4, 0.5) is 4.79 Å². The lowest BCUT2D eigenvalue weighted by Gasteiger charge is -2.43. The molecule has 0 aromatic rings. The molecule has 1 heterocycles. The Balaban J connectivity index is 2.51. The smallest absolute Gasteiger partial charge is 0.412 e. The van der Waals surface area contributed by atoms with Gasteiger partial charge in [0.05, 0.1) is 0 Å². The van der Waals surface area contributed by atoms with Gasteiger partial charge in [-0.3, -0.25) is 5.32 Å². The molecule has 64 valence electrons. The zero-order valence-corrected chi connectivity index (χ0v) is 7.01. The number of nitrogens with one attached hydrogen (secondary N) is 1. The summed E-state index contributed by atoms with van der Waals surface area (Å²) >= 11 is 0. The second-order valence-corrected chi connectivity index (χ2v) is 2.75. The number of methoxy groups -OCH3 is 1. The summed E-state index contributed by atoms with van der Waals surface area (Å²) in [6.07, 6.45) is 0.371. The molecule has 0 saturated carbocycles. The Bertz CT molecular complexity index is 157. The minimum absolute atomic E-state index is 0.0693. The number of cyclic esters (lactones) is 1. The molecule has 0 aliphatic carbocycles. The lowest BCUT2D eigenvalue weighted by Crippen LogP contribution is -2.67. The molecule has 1 aliphatic heterocycles. The number of carbonyl (C=O) groups is 1. The quantitative estimate of drug-likeness (QED) is 0.664. The number of hydrogen-bond donors (Lipinski definition) is 1. The second-order valence-electron chi connectivity index (χ2n) is 2.75. The number of hydrogen-bond acceptors (Lipinski definition) is 3. The SMILES string of the molecule is CC[C@@H](OC)[C@]1(C)NC(=O)O1. The Morgan fingerprint density at radius 3 is 2.64 bits per heavy atom. The standard InChI is InChI=1S/C7H13NO3/c1-4-5(10-3)7(2)8-6(9)11-7/h5H,4H2,1-3H3,(H,8,9)/t5-,7-/m1/s1. The number of ether oxygens (including phenoxy) is 2. The van der Waals surface area contributed by atoms with Crippen molar-refractivity contribution in [2.24, 2.45) is 0 Å². The second kappa shape index (κ2) is 2.70. The molecule has 4 nitrogen and oxygen atoms in total. The summed E-state index contributed by atoms with van der Waals surface area (Å²) in [7, 11) is 1.60. The van der Waals surface area contributed by atoms with Crippen molar-refractivity contribution in [1.29, 1.82) is 0 Å². The first-order valence-electron chi connectivity index (χ1n) is 3.66. The third kappa shape index (κ3) is 1.30. The monoisotopic (exact) mass is 159 g/mol. The Hall–Kier alpha value is -0.770. The van der Waals surface area contributed by atoms with E-state index in [1.54, 1.807) is 14.0 Å². The summed E-state index contributed by atoms with van der Waals surface area (Å²) in [6.45, 7) is 3.78. The summed E-state index contributed by atoms with van der Waals surface area (Å²) < 4.78 is 10.0. The predicted molar refractivity (Wildman–Crippen MR) is 39.1 cm³/mol. The van der Waals surface area contributed by atoms with Crippen LogP contribution in [0.15, 0.2) is 0 Å². The zero-order valence-electron chi connectivity index (χ0n) is 7.01. The molecule has 1 rings (SSSR count). The summed E-state index contributed by atoms with van der Waals surface area (Å²) in [5.74, 6) is 0. The molecular formula is C7H13NO3. The Kier molecular flexibility index (Phi) is 2.04. The van der Waals surface area contributed by atoms with Gasteiger partial charge in [0.1, 0.15) is 6.10 Å². The minimum atomic E-state index is -0.611. The van der Waals surface area contributed by atoms with E-state index >= 15 is 0 Å². The van der Waals surface area contributed by atoms with Crippen molar-refractivity contribution in [3.05, 3.63) is 0 Å². The van der Waals surface area contributed by atoms with E-state index in [0.29, 0.717) is 0 Å². The fourth-order valence-corrected chi connectivity index (χ4v) is 1.33. The molecule has 1 aliphatic rings. The predicted octanol–water partition coefficient (Wildman–Crippen LogP) is 0.867. The van der Waals surface area contributed by atoms with Crippen LogP contribution in [0.2, 0.25) is 0 Å². The average molecular weight is 159 g/mol. The summed E-state index contributed by atoms with van der Waals surface area (Å²) in [4.78, 5) is 10.5. The fourth-order valence-electron chi connectivity index (χ4n) is 1.33. The lowest BCUT2D eigenvalue weighted by atomic mass is 10.0. The highest BCUT2D eigenvalue weighted by Gasteiger charge is 2.47. The van der Waals surface area contributed by atoms with Crippen LogP contribution in [0.25, 0.3) is 0 Å². The van der Waals surface area contributed by atoms with Crippen molar-refractivity contribution >= 4 is 6.09 Å². The topological polar surface area (TPSA) is 47.6 Å². The molecule has 1 amide bonds. The van der Waals surface area contributed by atoms with Gasteiger partial charge in [0.2, 0.25) is 5.72 Å². The highest BCUT2D eigenvalue weighted by Crippen LogP contribution is 2.24. The van der Waals surface area contributed by atoms with Crippen LogP contribution in [-0.4, -0.2) is 25.0 Å². The third-order valence-electron chi connectivity index (χ3n) is 1.92. The van der Waals surface area contributed by atoms with Crippen LogP contribution in [0.1, 0.15) is 20.3 Å². The fraction of sp³-hybridized carbons (Fsp3) is 0.857. The van der Waals surface area contributed by atoms with Crippen molar-refractivity contribution in [2.75, 3.05) is 7.11 Å². The van der Waals surface area contributed by atoms with E-state index in [0.717, 1.165) is 6.42 Å². The van der Waals surface area contributed by atoms with Crippen molar-refractivity contribution < 1.29 is 14.3 Å². The van der Waals surface area contributed by atoms with Gasteiger partial charge in [0.15, 0.2) is 0 Å². The van der Waals surface area contributed by atoms with Crippen molar-refractivity contribution in [2.45, 2.75) is 32.1 Å². The van der Waals surface area contributed by atoms with Gasteiger partial charge in [-0.1, -0.05) is 6.92 Å². The highest BCUT2D eigenvalue weighted by atomic mass is 16.6. The summed E-state index contributed by atoms with van der Waals surface area (Å²) in [5.41, 5.74) is -0.611. The first-order valence-corrected chi connectivity index (χ1v) is 3.66. The molecular weight excluding hydrogens is 146 g/mol. The molecule has 4 heteroatoms. The molecule has 0 bridgehead atoms. The van der Waals surface area contributed by atoms with Gasteiger partial charge in [-0.25, -0.2) is 4.79 Å². The Morgan fingerprint density at radius 2 is 2.36 bits per heavy atom. The van der Waals surface area contributed by atoms with Gasteiger partial charge in [-0.15, -0.1) is 0 Å². The van der Waals surface area contributed by atoms with E-state index in [9.17, 15) is 4.79 Å². The van der Waals surface area contributed by atoms with Crippen molar-refractivity contribution in [1.82, 2.24) is 5.32 Å². The summed E-state index contributed by atoms with van der Waals surface area (Å²) in [5, 5.41) is 2.63. The van der Waals surface area contributed by atoms with Gasteiger partial charge < -0.3 is 9.47 Å². The van der Waals surface area contributed by atoms with Crippen LogP contribution in [-0.2, 0) is 9.47 Å². The Labute approximate surface area is 65.9 Å².